The number of aromatic nitrogens is 1. The van der Waals surface area contributed by atoms with Crippen molar-refractivity contribution in [3.05, 3.63) is 83.3 Å². The number of benzene rings is 2. The lowest BCUT2D eigenvalue weighted by atomic mass is 10.0. The van der Waals surface area contributed by atoms with Gasteiger partial charge in [0.2, 0.25) is 21.8 Å². The summed E-state index contributed by atoms with van der Waals surface area (Å²) in [5.41, 5.74) is 6.37. The van der Waals surface area contributed by atoms with Gasteiger partial charge in [0.1, 0.15) is 11.8 Å². The molecule has 2 aromatic carbocycles. The number of sulfonamides is 1. The van der Waals surface area contributed by atoms with E-state index in [4.69, 9.17) is 10.5 Å². The predicted molar refractivity (Wildman–Crippen MR) is 133 cm³/mol. The highest BCUT2D eigenvalue weighted by molar-refractivity contribution is 7.89. The van der Waals surface area contributed by atoms with Gasteiger partial charge >= 0.3 is 0 Å². The van der Waals surface area contributed by atoms with Gasteiger partial charge in [-0.15, -0.1) is 0 Å². The third-order valence-corrected chi connectivity index (χ3v) is 7.87. The van der Waals surface area contributed by atoms with E-state index < -0.39 is 34.4 Å². The highest BCUT2D eigenvalue weighted by Crippen LogP contribution is 2.29. The van der Waals surface area contributed by atoms with Crippen LogP contribution in [0.15, 0.2) is 82.6 Å². The first-order chi connectivity index (χ1) is 17.2. The van der Waals surface area contributed by atoms with Gasteiger partial charge in [-0.25, -0.2) is 8.42 Å². The van der Waals surface area contributed by atoms with E-state index in [1.54, 1.807) is 42.6 Å². The standard InChI is InChI=1S/C25H26N4O6S/c1-35-20-11-13-21(14-12-20)36(33,34)29(17-23(26)30)22-5-4-16-28(25(22)32)19-9-7-18(8-10-19)27-15-3-2-6-24(27)31/h2-3,6-15,22H,4-5,16-17H2,1H3,(H2,26,30). The molecule has 1 aliphatic rings. The van der Waals surface area contributed by atoms with Gasteiger partial charge in [0.25, 0.3) is 5.56 Å². The Morgan fingerprint density at radius 1 is 1.03 bits per heavy atom. The van der Waals surface area contributed by atoms with Crippen molar-refractivity contribution < 1.29 is 22.7 Å². The van der Waals surface area contributed by atoms with E-state index in [1.165, 1.54) is 46.9 Å². The largest absolute Gasteiger partial charge is 0.497 e. The van der Waals surface area contributed by atoms with Crippen LogP contribution in [-0.2, 0) is 19.6 Å². The van der Waals surface area contributed by atoms with Crippen molar-refractivity contribution in [2.45, 2.75) is 23.8 Å². The van der Waals surface area contributed by atoms with Crippen molar-refractivity contribution in [2.24, 2.45) is 5.73 Å². The number of primary amides is 1. The summed E-state index contributed by atoms with van der Waals surface area (Å²) in [5.74, 6) is -0.851. The summed E-state index contributed by atoms with van der Waals surface area (Å²) in [6, 6.07) is 16.3. The van der Waals surface area contributed by atoms with E-state index in [9.17, 15) is 22.8 Å². The third kappa shape index (κ3) is 5.02. The molecule has 36 heavy (non-hydrogen) atoms. The normalized spacial score (nSPS) is 16.2. The lowest BCUT2D eigenvalue weighted by Gasteiger charge is -2.37. The second kappa shape index (κ2) is 10.3. The third-order valence-electron chi connectivity index (χ3n) is 6.00. The first-order valence-corrected chi connectivity index (χ1v) is 12.7. The number of rotatable bonds is 8. The Balaban J connectivity index is 1.63. The molecule has 2 heterocycles. The van der Waals surface area contributed by atoms with Crippen molar-refractivity contribution in [3.63, 3.8) is 0 Å². The number of ether oxygens (including phenoxy) is 1. The van der Waals surface area contributed by atoms with Gasteiger partial charge in [-0.05, 0) is 67.4 Å². The molecule has 11 heteroatoms. The van der Waals surface area contributed by atoms with Crippen LogP contribution in [0.5, 0.6) is 5.75 Å². The van der Waals surface area contributed by atoms with E-state index in [-0.39, 0.29) is 16.9 Å². The summed E-state index contributed by atoms with van der Waals surface area (Å²) in [7, 11) is -2.75. The van der Waals surface area contributed by atoms with Crippen LogP contribution < -0.4 is 20.9 Å². The average molecular weight is 511 g/mol. The molecule has 1 aromatic heterocycles. The Kier molecular flexibility index (Phi) is 7.22. The summed E-state index contributed by atoms with van der Waals surface area (Å²) in [5, 5.41) is 0. The highest BCUT2D eigenvalue weighted by Gasteiger charge is 2.41. The van der Waals surface area contributed by atoms with Gasteiger partial charge in [-0.2, -0.15) is 4.31 Å². The van der Waals surface area contributed by atoms with E-state index in [1.807, 2.05) is 0 Å². The molecule has 188 valence electrons. The molecule has 1 unspecified atom stereocenters. The van der Waals surface area contributed by atoms with Gasteiger partial charge in [0, 0.05) is 30.2 Å². The minimum absolute atomic E-state index is 0.0767. The first kappa shape index (κ1) is 25.1. The smallest absolute Gasteiger partial charge is 0.255 e. The molecule has 4 rings (SSSR count). The maximum Gasteiger partial charge on any atom is 0.255 e. The molecule has 0 bridgehead atoms. The topological polar surface area (TPSA) is 132 Å². The molecular formula is C25H26N4O6S. The molecule has 0 saturated carbocycles. The number of carbonyl (C=O) groups excluding carboxylic acids is 2. The maximum atomic E-state index is 13.5. The van der Waals surface area contributed by atoms with Crippen LogP contribution in [0.4, 0.5) is 5.69 Å². The number of amides is 2. The maximum absolute atomic E-state index is 13.5. The Morgan fingerprint density at radius 3 is 2.31 bits per heavy atom. The van der Waals surface area contributed by atoms with Gasteiger partial charge in [-0.1, -0.05) is 6.07 Å². The number of piperidine rings is 1. The summed E-state index contributed by atoms with van der Waals surface area (Å²) in [6.45, 7) is -0.249. The van der Waals surface area contributed by atoms with Crippen molar-refractivity contribution in [1.29, 1.82) is 0 Å². The number of hydrogen-bond acceptors (Lipinski definition) is 6. The molecule has 3 aromatic rings. The molecule has 10 nitrogen and oxygen atoms in total. The summed E-state index contributed by atoms with van der Waals surface area (Å²) < 4.78 is 34.4. The van der Waals surface area contributed by atoms with Gasteiger partial charge in [0.05, 0.1) is 18.6 Å². The second-order valence-electron chi connectivity index (χ2n) is 8.27. The van der Waals surface area contributed by atoms with E-state index in [2.05, 4.69) is 0 Å². The number of nitrogens with two attached hydrogens (primary N) is 1. The fourth-order valence-electron chi connectivity index (χ4n) is 4.21. The van der Waals surface area contributed by atoms with Crippen molar-refractivity contribution in [2.75, 3.05) is 25.1 Å². The molecule has 1 atom stereocenters. The highest BCUT2D eigenvalue weighted by atomic mass is 32.2. The van der Waals surface area contributed by atoms with E-state index in [0.717, 1.165) is 4.31 Å². The SMILES string of the molecule is COc1ccc(S(=O)(=O)N(CC(N)=O)C2CCCN(c3ccc(-n4ccccc4=O)cc3)C2=O)cc1. The zero-order valence-corrected chi connectivity index (χ0v) is 20.4. The molecular weight excluding hydrogens is 484 g/mol. The number of anilines is 1. The van der Waals surface area contributed by atoms with Crippen molar-refractivity contribution >= 4 is 27.5 Å². The molecule has 1 fully saturated rings. The lowest BCUT2D eigenvalue weighted by molar-refractivity contribution is -0.125. The summed E-state index contributed by atoms with van der Waals surface area (Å²) in [6.07, 6.45) is 2.41. The van der Waals surface area contributed by atoms with Crippen LogP contribution >= 0.6 is 0 Å². The summed E-state index contributed by atoms with van der Waals surface area (Å²) >= 11 is 0. The van der Waals surface area contributed by atoms with Crippen LogP contribution in [0.3, 0.4) is 0 Å². The Bertz CT molecular complexity index is 1420. The number of methoxy groups -OCH3 is 1. The monoisotopic (exact) mass is 510 g/mol. The van der Waals surface area contributed by atoms with Crippen LogP contribution in [-0.4, -0.2) is 55.3 Å². The fraction of sp³-hybridized carbons (Fsp3) is 0.240. The molecule has 0 aliphatic carbocycles. The lowest BCUT2D eigenvalue weighted by Crippen LogP contribution is -2.56. The quantitative estimate of drug-likeness (QED) is 0.489. The van der Waals surface area contributed by atoms with Gasteiger partial charge in [-0.3, -0.25) is 19.0 Å². The number of hydrogen-bond donors (Lipinski definition) is 1. The number of carbonyl (C=O) groups is 2. The minimum Gasteiger partial charge on any atom is -0.497 e. The predicted octanol–water partition coefficient (Wildman–Crippen LogP) is 1.52. The van der Waals surface area contributed by atoms with Crippen molar-refractivity contribution in [3.8, 4) is 11.4 Å². The van der Waals surface area contributed by atoms with Crippen LogP contribution in [0.25, 0.3) is 5.69 Å². The number of nitrogens with zero attached hydrogens (tertiary/aromatic N) is 3. The van der Waals surface area contributed by atoms with Crippen LogP contribution in [0.1, 0.15) is 12.8 Å². The average Bonchev–Trinajstić information content (AvgIpc) is 2.88. The fourth-order valence-corrected chi connectivity index (χ4v) is 5.79. The molecule has 0 radical (unpaired) electrons. The minimum atomic E-state index is -4.22. The number of pyridine rings is 1. The van der Waals surface area contributed by atoms with Gasteiger partial charge in [0.15, 0.2) is 0 Å². The zero-order chi connectivity index (χ0) is 25.9. The molecule has 2 amide bonds. The van der Waals surface area contributed by atoms with Crippen molar-refractivity contribution in [1.82, 2.24) is 8.87 Å². The van der Waals surface area contributed by atoms with Crippen LogP contribution in [0.2, 0.25) is 0 Å². The Hall–Kier alpha value is -3.96. The molecule has 1 saturated heterocycles. The van der Waals surface area contributed by atoms with Gasteiger partial charge < -0.3 is 15.4 Å². The van der Waals surface area contributed by atoms with E-state index in [0.29, 0.717) is 30.1 Å². The second-order valence-corrected chi connectivity index (χ2v) is 10.2. The Morgan fingerprint density at radius 2 is 1.69 bits per heavy atom. The first-order valence-electron chi connectivity index (χ1n) is 11.3. The Labute approximate surface area is 208 Å². The van der Waals surface area contributed by atoms with Crippen LogP contribution in [0, 0.1) is 0 Å². The molecule has 1 aliphatic heterocycles. The zero-order valence-electron chi connectivity index (χ0n) is 19.6. The summed E-state index contributed by atoms with van der Waals surface area (Å²) in [4.78, 5) is 38.9. The molecule has 2 N–H and O–H groups in total. The molecule has 0 spiro atoms. The van der Waals surface area contributed by atoms with E-state index >= 15 is 0 Å².